The second-order valence-corrected chi connectivity index (χ2v) is 7.12. The number of carbonyl (C=O) groups excluding carboxylic acids is 1. The first-order chi connectivity index (χ1) is 12.6. The molecule has 0 saturated carbocycles. The number of nitrogens with zero attached hydrogens (tertiary/aromatic N) is 4. The highest BCUT2D eigenvalue weighted by atomic mass is 16.5. The fourth-order valence-corrected chi connectivity index (χ4v) is 3.65. The summed E-state index contributed by atoms with van der Waals surface area (Å²) in [6.07, 6.45) is 8.54. The SMILES string of the molecule is Cc1cncc(COC2CCOC3(C2)CN(C(=O)c2ccnnc2)C3)c1. The van der Waals surface area contributed by atoms with Gasteiger partial charge in [-0.15, -0.1) is 0 Å². The highest BCUT2D eigenvalue weighted by molar-refractivity contribution is 5.94. The molecule has 7 heteroatoms. The first-order valence-corrected chi connectivity index (χ1v) is 8.86. The summed E-state index contributed by atoms with van der Waals surface area (Å²) in [7, 11) is 0. The van der Waals surface area contributed by atoms with Gasteiger partial charge in [0.15, 0.2) is 0 Å². The third-order valence-corrected chi connectivity index (χ3v) is 4.94. The summed E-state index contributed by atoms with van der Waals surface area (Å²) in [6, 6.07) is 3.78. The van der Waals surface area contributed by atoms with Crippen molar-refractivity contribution in [1.82, 2.24) is 20.1 Å². The average Bonchev–Trinajstić information content (AvgIpc) is 2.65. The molecule has 0 bridgehead atoms. The Morgan fingerprint density at radius 2 is 2.23 bits per heavy atom. The third-order valence-electron chi connectivity index (χ3n) is 4.94. The van der Waals surface area contributed by atoms with E-state index in [1.165, 1.54) is 12.4 Å². The van der Waals surface area contributed by atoms with Crippen molar-refractivity contribution in [3.05, 3.63) is 53.6 Å². The number of carbonyl (C=O) groups is 1. The lowest BCUT2D eigenvalue weighted by Gasteiger charge is -2.53. The van der Waals surface area contributed by atoms with Gasteiger partial charge >= 0.3 is 0 Å². The molecule has 0 radical (unpaired) electrons. The van der Waals surface area contributed by atoms with E-state index in [1.54, 1.807) is 11.0 Å². The quantitative estimate of drug-likeness (QED) is 0.833. The second kappa shape index (κ2) is 7.09. The molecule has 2 aromatic heterocycles. The molecule has 0 N–H and O–H groups in total. The van der Waals surface area contributed by atoms with Crippen LogP contribution in [0.2, 0.25) is 0 Å². The molecule has 2 fully saturated rings. The van der Waals surface area contributed by atoms with Gasteiger partial charge in [0.1, 0.15) is 5.60 Å². The molecular formula is C19H22N4O3. The van der Waals surface area contributed by atoms with Crippen LogP contribution in [-0.4, -0.2) is 57.4 Å². The van der Waals surface area contributed by atoms with Crippen molar-refractivity contribution in [2.45, 2.75) is 38.1 Å². The molecule has 2 aliphatic heterocycles. The van der Waals surface area contributed by atoms with Crippen LogP contribution in [0.15, 0.2) is 36.9 Å². The lowest BCUT2D eigenvalue weighted by Crippen LogP contribution is -2.67. The van der Waals surface area contributed by atoms with E-state index in [1.807, 2.05) is 19.3 Å². The lowest BCUT2D eigenvalue weighted by molar-refractivity contribution is -0.188. The smallest absolute Gasteiger partial charge is 0.255 e. The first-order valence-electron chi connectivity index (χ1n) is 8.86. The summed E-state index contributed by atoms with van der Waals surface area (Å²) in [5.74, 6) is -0.0250. The van der Waals surface area contributed by atoms with Crippen LogP contribution in [0.5, 0.6) is 0 Å². The Hall–Kier alpha value is -2.38. The molecule has 4 rings (SSSR count). The van der Waals surface area contributed by atoms with Gasteiger partial charge in [-0.05, 0) is 30.5 Å². The van der Waals surface area contributed by atoms with E-state index in [2.05, 4.69) is 21.2 Å². The molecule has 1 amide bonds. The number of ether oxygens (including phenoxy) is 2. The minimum absolute atomic E-state index is 0.0250. The Morgan fingerprint density at radius 1 is 1.35 bits per heavy atom. The molecule has 1 spiro atoms. The molecule has 2 aromatic rings. The maximum Gasteiger partial charge on any atom is 0.255 e. The van der Waals surface area contributed by atoms with Crippen molar-refractivity contribution >= 4 is 5.91 Å². The largest absolute Gasteiger partial charge is 0.373 e. The second-order valence-electron chi connectivity index (χ2n) is 7.12. The molecule has 1 unspecified atom stereocenters. The summed E-state index contributed by atoms with van der Waals surface area (Å²) in [4.78, 5) is 18.4. The predicted molar refractivity (Wildman–Crippen MR) is 93.4 cm³/mol. The molecule has 26 heavy (non-hydrogen) atoms. The van der Waals surface area contributed by atoms with Crippen LogP contribution in [0.1, 0.15) is 34.3 Å². The van der Waals surface area contributed by atoms with Crippen LogP contribution in [-0.2, 0) is 16.1 Å². The van der Waals surface area contributed by atoms with Gasteiger partial charge in [-0.1, -0.05) is 6.07 Å². The number of amides is 1. The Bertz CT molecular complexity index is 777. The molecule has 0 aliphatic carbocycles. The van der Waals surface area contributed by atoms with E-state index in [0.717, 1.165) is 24.0 Å². The van der Waals surface area contributed by atoms with Gasteiger partial charge in [0.25, 0.3) is 5.91 Å². The van der Waals surface area contributed by atoms with Crippen molar-refractivity contribution in [2.75, 3.05) is 19.7 Å². The van der Waals surface area contributed by atoms with Crippen molar-refractivity contribution in [3.63, 3.8) is 0 Å². The van der Waals surface area contributed by atoms with Crippen molar-refractivity contribution in [3.8, 4) is 0 Å². The Balaban J connectivity index is 1.31. The van der Waals surface area contributed by atoms with Crippen LogP contribution in [0.4, 0.5) is 0 Å². The van der Waals surface area contributed by atoms with Crippen LogP contribution < -0.4 is 0 Å². The standard InChI is InChI=1S/C19H22N4O3/c1-14-6-15(9-20-8-14)11-25-17-3-5-26-19(7-17)12-23(13-19)18(24)16-2-4-21-22-10-16/h2,4,6,8-10,17H,3,5,7,11-13H2,1H3. The summed E-state index contributed by atoms with van der Waals surface area (Å²) >= 11 is 0. The highest BCUT2D eigenvalue weighted by Crippen LogP contribution is 2.36. The number of likely N-dealkylation sites (tertiary alicyclic amines) is 1. The minimum atomic E-state index is -0.274. The number of rotatable bonds is 4. The zero-order valence-corrected chi connectivity index (χ0v) is 14.8. The minimum Gasteiger partial charge on any atom is -0.373 e. The fraction of sp³-hybridized carbons (Fsp3) is 0.474. The highest BCUT2D eigenvalue weighted by Gasteiger charge is 2.49. The van der Waals surface area contributed by atoms with Gasteiger partial charge in [0, 0.05) is 25.4 Å². The number of hydrogen-bond donors (Lipinski definition) is 0. The Morgan fingerprint density at radius 3 is 3.00 bits per heavy atom. The molecule has 0 aromatic carbocycles. The Labute approximate surface area is 152 Å². The summed E-state index contributed by atoms with van der Waals surface area (Å²) < 4.78 is 12.1. The number of aromatic nitrogens is 3. The summed E-state index contributed by atoms with van der Waals surface area (Å²) in [5.41, 5.74) is 2.50. The molecule has 136 valence electrons. The van der Waals surface area contributed by atoms with Crippen molar-refractivity contribution < 1.29 is 14.3 Å². The Kier molecular flexibility index (Phi) is 4.65. The maximum absolute atomic E-state index is 12.4. The normalized spacial score (nSPS) is 21.4. The first kappa shape index (κ1) is 17.1. The van der Waals surface area contributed by atoms with Crippen LogP contribution in [0.3, 0.4) is 0 Å². The zero-order valence-electron chi connectivity index (χ0n) is 14.8. The molecular weight excluding hydrogens is 332 g/mol. The van der Waals surface area contributed by atoms with Crippen LogP contribution in [0, 0.1) is 6.92 Å². The van der Waals surface area contributed by atoms with Gasteiger partial charge in [0.05, 0.1) is 43.8 Å². The molecule has 2 aliphatic rings. The number of hydrogen-bond acceptors (Lipinski definition) is 6. The summed E-state index contributed by atoms with van der Waals surface area (Å²) in [5, 5.41) is 7.48. The van der Waals surface area contributed by atoms with Gasteiger partial charge in [-0.2, -0.15) is 10.2 Å². The van der Waals surface area contributed by atoms with Gasteiger partial charge in [0.2, 0.25) is 0 Å². The predicted octanol–water partition coefficient (Wildman–Crippen LogP) is 1.77. The third kappa shape index (κ3) is 3.59. The van der Waals surface area contributed by atoms with Crippen molar-refractivity contribution in [1.29, 1.82) is 0 Å². The molecule has 2 saturated heterocycles. The molecule has 4 heterocycles. The topological polar surface area (TPSA) is 77.4 Å². The average molecular weight is 354 g/mol. The number of aryl methyl sites for hydroxylation is 1. The van der Waals surface area contributed by atoms with Gasteiger partial charge in [-0.25, -0.2) is 0 Å². The van der Waals surface area contributed by atoms with Gasteiger partial charge in [-0.3, -0.25) is 9.78 Å². The van der Waals surface area contributed by atoms with E-state index in [9.17, 15) is 4.79 Å². The van der Waals surface area contributed by atoms with Gasteiger partial charge < -0.3 is 14.4 Å². The fourth-order valence-electron chi connectivity index (χ4n) is 3.65. The molecule has 1 atom stereocenters. The maximum atomic E-state index is 12.4. The van der Waals surface area contributed by atoms with E-state index in [0.29, 0.717) is 31.9 Å². The number of pyridine rings is 1. The zero-order chi connectivity index (χ0) is 18.0. The van der Waals surface area contributed by atoms with E-state index in [-0.39, 0.29) is 17.6 Å². The molecule has 7 nitrogen and oxygen atoms in total. The monoisotopic (exact) mass is 354 g/mol. The van der Waals surface area contributed by atoms with Crippen LogP contribution >= 0.6 is 0 Å². The van der Waals surface area contributed by atoms with E-state index in [4.69, 9.17) is 9.47 Å². The van der Waals surface area contributed by atoms with Crippen LogP contribution in [0.25, 0.3) is 0 Å². The van der Waals surface area contributed by atoms with E-state index >= 15 is 0 Å². The van der Waals surface area contributed by atoms with E-state index < -0.39 is 0 Å². The van der Waals surface area contributed by atoms with Crippen molar-refractivity contribution in [2.24, 2.45) is 0 Å². The lowest BCUT2D eigenvalue weighted by atomic mass is 9.84. The summed E-state index contributed by atoms with van der Waals surface area (Å²) in [6.45, 7) is 4.44.